The fourth-order valence-corrected chi connectivity index (χ4v) is 1.45. The lowest BCUT2D eigenvalue weighted by molar-refractivity contribution is -0.107. The molecule has 17 heavy (non-hydrogen) atoms. The number of carbonyl (C=O) groups is 2. The molecular weight excluding hydrogens is 218 g/mol. The van der Waals surface area contributed by atoms with Crippen molar-refractivity contribution in [1.29, 1.82) is 5.26 Å². The van der Waals surface area contributed by atoms with Gasteiger partial charge >= 0.3 is 5.97 Å². The zero-order valence-electron chi connectivity index (χ0n) is 9.60. The van der Waals surface area contributed by atoms with E-state index in [4.69, 9.17) is 10.00 Å². The van der Waals surface area contributed by atoms with Gasteiger partial charge in [0.25, 0.3) is 0 Å². The number of carbonyl (C=O) groups excluding carboxylic acids is 2. The summed E-state index contributed by atoms with van der Waals surface area (Å²) in [5.74, 6) is -0.439. The summed E-state index contributed by atoms with van der Waals surface area (Å²) in [6, 6.07) is 6.82. The summed E-state index contributed by atoms with van der Waals surface area (Å²) in [6.45, 7) is 2.02. The van der Waals surface area contributed by atoms with Gasteiger partial charge in [-0.25, -0.2) is 4.79 Å². The summed E-state index contributed by atoms with van der Waals surface area (Å²) >= 11 is 0. The monoisotopic (exact) mass is 231 g/mol. The Morgan fingerprint density at radius 1 is 1.53 bits per heavy atom. The van der Waals surface area contributed by atoms with Gasteiger partial charge in [-0.2, -0.15) is 5.26 Å². The molecule has 0 bridgehead atoms. The van der Waals surface area contributed by atoms with Crippen molar-refractivity contribution < 1.29 is 14.3 Å². The molecular formula is C13H13NO3. The Kier molecular flexibility index (Phi) is 4.89. The first-order valence-corrected chi connectivity index (χ1v) is 5.36. The highest BCUT2D eigenvalue weighted by Gasteiger charge is 2.10. The van der Waals surface area contributed by atoms with E-state index in [1.807, 2.05) is 6.07 Å². The second-order valence-corrected chi connectivity index (χ2v) is 3.41. The van der Waals surface area contributed by atoms with Gasteiger partial charge in [0.1, 0.15) is 6.29 Å². The third-order valence-electron chi connectivity index (χ3n) is 2.27. The molecule has 0 saturated heterocycles. The van der Waals surface area contributed by atoms with E-state index < -0.39 is 5.97 Å². The fraction of sp³-hybridized carbons (Fsp3) is 0.308. The molecule has 0 aliphatic heterocycles. The largest absolute Gasteiger partial charge is 0.462 e. The van der Waals surface area contributed by atoms with Crippen molar-refractivity contribution in [2.24, 2.45) is 0 Å². The predicted molar refractivity (Wildman–Crippen MR) is 61.5 cm³/mol. The first-order valence-electron chi connectivity index (χ1n) is 5.36. The minimum absolute atomic E-state index is 0.299. The van der Waals surface area contributed by atoms with E-state index in [9.17, 15) is 9.59 Å². The van der Waals surface area contributed by atoms with Crippen LogP contribution in [-0.4, -0.2) is 18.9 Å². The van der Waals surface area contributed by atoms with Crippen LogP contribution in [-0.2, 0) is 16.0 Å². The molecule has 0 radical (unpaired) electrons. The van der Waals surface area contributed by atoms with Crippen molar-refractivity contribution in [3.8, 4) is 6.07 Å². The van der Waals surface area contributed by atoms with Crippen LogP contribution in [0.5, 0.6) is 0 Å². The Labute approximate surface area is 99.8 Å². The number of hydrogen-bond acceptors (Lipinski definition) is 4. The van der Waals surface area contributed by atoms with Gasteiger partial charge in [-0.15, -0.1) is 0 Å². The summed E-state index contributed by atoms with van der Waals surface area (Å²) in [4.78, 5) is 21.7. The van der Waals surface area contributed by atoms with Gasteiger partial charge in [0.2, 0.25) is 0 Å². The Morgan fingerprint density at radius 2 is 2.29 bits per heavy atom. The van der Waals surface area contributed by atoms with Crippen LogP contribution < -0.4 is 0 Å². The molecule has 0 amide bonds. The van der Waals surface area contributed by atoms with Crippen LogP contribution in [0.1, 0.15) is 34.8 Å². The SMILES string of the molecule is CCOC(=O)c1ccc(CCC=O)c(C#N)c1. The standard InChI is InChI=1S/C13H13NO3/c1-2-17-13(16)11-6-5-10(4-3-7-15)12(8-11)9-14/h5-8H,2-4H2,1H3. The number of ether oxygens (including phenoxy) is 1. The molecule has 0 aliphatic rings. The molecule has 88 valence electrons. The molecule has 1 aromatic carbocycles. The highest BCUT2D eigenvalue weighted by atomic mass is 16.5. The van der Waals surface area contributed by atoms with E-state index in [1.165, 1.54) is 6.07 Å². The smallest absolute Gasteiger partial charge is 0.338 e. The topological polar surface area (TPSA) is 67.2 Å². The second kappa shape index (κ2) is 6.44. The average molecular weight is 231 g/mol. The molecule has 0 aliphatic carbocycles. The lowest BCUT2D eigenvalue weighted by Crippen LogP contribution is -2.05. The summed E-state index contributed by atoms with van der Waals surface area (Å²) in [5, 5.41) is 8.96. The van der Waals surface area contributed by atoms with Gasteiger partial charge in [-0.05, 0) is 31.0 Å². The van der Waals surface area contributed by atoms with Gasteiger partial charge in [0, 0.05) is 6.42 Å². The van der Waals surface area contributed by atoms with E-state index in [0.29, 0.717) is 30.6 Å². The van der Waals surface area contributed by atoms with Crippen LogP contribution >= 0.6 is 0 Å². The molecule has 0 N–H and O–H groups in total. The Bertz CT molecular complexity index is 460. The van der Waals surface area contributed by atoms with Gasteiger partial charge in [-0.1, -0.05) is 6.07 Å². The number of nitrogens with zero attached hydrogens (tertiary/aromatic N) is 1. The summed E-state index contributed by atoms with van der Waals surface area (Å²) < 4.78 is 4.84. The predicted octanol–water partition coefficient (Wildman–Crippen LogP) is 1.87. The Morgan fingerprint density at radius 3 is 2.88 bits per heavy atom. The van der Waals surface area contributed by atoms with Crippen molar-refractivity contribution in [1.82, 2.24) is 0 Å². The van der Waals surface area contributed by atoms with E-state index in [-0.39, 0.29) is 0 Å². The summed E-state index contributed by atoms with van der Waals surface area (Å²) in [7, 11) is 0. The van der Waals surface area contributed by atoms with Crippen molar-refractivity contribution in [3.05, 3.63) is 34.9 Å². The summed E-state index contributed by atoms with van der Waals surface area (Å²) in [6.07, 6.45) is 1.68. The number of aldehydes is 1. The van der Waals surface area contributed by atoms with Crippen molar-refractivity contribution in [3.63, 3.8) is 0 Å². The molecule has 1 aromatic rings. The zero-order chi connectivity index (χ0) is 12.7. The van der Waals surface area contributed by atoms with Crippen molar-refractivity contribution in [2.75, 3.05) is 6.61 Å². The van der Waals surface area contributed by atoms with Crippen LogP contribution in [0, 0.1) is 11.3 Å². The molecule has 4 heteroatoms. The number of benzene rings is 1. The molecule has 0 unspecified atom stereocenters. The highest BCUT2D eigenvalue weighted by molar-refractivity contribution is 5.90. The molecule has 0 heterocycles. The van der Waals surface area contributed by atoms with Crippen molar-refractivity contribution in [2.45, 2.75) is 19.8 Å². The lowest BCUT2D eigenvalue weighted by atomic mass is 10.0. The first kappa shape index (κ1) is 12.9. The molecule has 0 aromatic heterocycles. The van der Waals surface area contributed by atoms with Gasteiger partial charge < -0.3 is 9.53 Å². The third kappa shape index (κ3) is 3.42. The van der Waals surface area contributed by atoms with Crippen LogP contribution in [0.15, 0.2) is 18.2 Å². The Hall–Kier alpha value is -2.15. The molecule has 0 saturated carbocycles. The minimum Gasteiger partial charge on any atom is -0.462 e. The second-order valence-electron chi connectivity index (χ2n) is 3.41. The van der Waals surface area contributed by atoms with Gasteiger partial charge in [0.15, 0.2) is 0 Å². The molecule has 1 rings (SSSR count). The number of nitriles is 1. The maximum absolute atomic E-state index is 11.5. The van der Waals surface area contributed by atoms with Crippen LogP contribution in [0.25, 0.3) is 0 Å². The van der Waals surface area contributed by atoms with Crippen LogP contribution in [0.3, 0.4) is 0 Å². The van der Waals surface area contributed by atoms with Crippen LogP contribution in [0.4, 0.5) is 0 Å². The van der Waals surface area contributed by atoms with E-state index in [1.54, 1.807) is 19.1 Å². The molecule has 0 spiro atoms. The van der Waals surface area contributed by atoms with E-state index >= 15 is 0 Å². The lowest BCUT2D eigenvalue weighted by Gasteiger charge is -2.05. The number of aryl methyl sites for hydroxylation is 1. The zero-order valence-corrected chi connectivity index (χ0v) is 9.60. The van der Waals surface area contributed by atoms with Crippen LogP contribution in [0.2, 0.25) is 0 Å². The number of hydrogen-bond donors (Lipinski definition) is 0. The molecule has 0 fully saturated rings. The maximum Gasteiger partial charge on any atom is 0.338 e. The van der Waals surface area contributed by atoms with Gasteiger partial charge in [-0.3, -0.25) is 0 Å². The number of esters is 1. The highest BCUT2D eigenvalue weighted by Crippen LogP contribution is 2.14. The normalized spacial score (nSPS) is 9.41. The number of rotatable bonds is 5. The van der Waals surface area contributed by atoms with Crippen molar-refractivity contribution >= 4 is 12.3 Å². The third-order valence-corrected chi connectivity index (χ3v) is 2.27. The quantitative estimate of drug-likeness (QED) is 0.573. The Balaban J connectivity index is 2.96. The van der Waals surface area contributed by atoms with E-state index in [2.05, 4.69) is 0 Å². The van der Waals surface area contributed by atoms with Gasteiger partial charge in [0.05, 0.1) is 23.8 Å². The van der Waals surface area contributed by atoms with E-state index in [0.717, 1.165) is 11.8 Å². The first-order chi connectivity index (χ1) is 8.22. The fourth-order valence-electron chi connectivity index (χ4n) is 1.45. The molecule has 0 atom stereocenters. The molecule has 4 nitrogen and oxygen atoms in total. The minimum atomic E-state index is -0.439. The average Bonchev–Trinajstić information content (AvgIpc) is 2.36. The maximum atomic E-state index is 11.5. The summed E-state index contributed by atoms with van der Waals surface area (Å²) in [5.41, 5.74) is 1.54.